The van der Waals surface area contributed by atoms with Crippen LogP contribution in [0.25, 0.3) is 10.8 Å². The van der Waals surface area contributed by atoms with Crippen molar-refractivity contribution >= 4 is 33.8 Å². The molecule has 0 fully saturated rings. The molecule has 0 spiro atoms. The highest BCUT2D eigenvalue weighted by molar-refractivity contribution is 7.12. The Kier molecular flexibility index (Phi) is 4.03. The summed E-state index contributed by atoms with van der Waals surface area (Å²) in [5, 5.41) is 9.68. The van der Waals surface area contributed by atoms with E-state index in [1.54, 1.807) is 22.5 Å². The fraction of sp³-hybridized carbons (Fsp3) is 0.105. The minimum Gasteiger partial charge on any atom is -0.306 e. The summed E-state index contributed by atoms with van der Waals surface area (Å²) in [6.07, 6.45) is 1.69. The number of hydrogen-bond donors (Lipinski definition) is 1. The maximum absolute atomic E-state index is 12.4. The fourth-order valence-corrected chi connectivity index (χ4v) is 3.55. The summed E-state index contributed by atoms with van der Waals surface area (Å²) in [5.41, 5.74) is 3.58. The Morgan fingerprint density at radius 2 is 2.00 bits per heavy atom. The van der Waals surface area contributed by atoms with E-state index in [1.807, 2.05) is 25.1 Å². The van der Waals surface area contributed by atoms with Crippen molar-refractivity contribution in [3.05, 3.63) is 76.4 Å². The van der Waals surface area contributed by atoms with Gasteiger partial charge in [0.15, 0.2) is 0 Å². The van der Waals surface area contributed by atoms with Crippen LogP contribution in [-0.4, -0.2) is 20.7 Å². The molecule has 0 radical (unpaired) electrons. The molecule has 1 N–H and O–H groups in total. The molecule has 4 aromatic rings. The Labute approximate surface area is 149 Å². The molecule has 0 aliphatic rings. The van der Waals surface area contributed by atoms with Gasteiger partial charge in [0.2, 0.25) is 0 Å². The molecule has 25 heavy (non-hydrogen) atoms. The third kappa shape index (κ3) is 3.04. The lowest BCUT2D eigenvalue weighted by Gasteiger charge is -2.11. The van der Waals surface area contributed by atoms with Crippen LogP contribution >= 0.6 is 11.3 Å². The van der Waals surface area contributed by atoms with E-state index in [9.17, 15) is 4.79 Å². The maximum atomic E-state index is 12.4. The molecule has 2 heterocycles. The lowest BCUT2D eigenvalue weighted by Crippen LogP contribution is -2.16. The standard InChI is InChI=1S/C19H16N4OS/c1-13-18(25-12-20-13)19(24)22-17-9-10-21-23(17)11-15-7-4-6-14-5-2-3-8-16(14)15/h2-10,12H,11H2,1H3,(H,22,24). The SMILES string of the molecule is Cc1ncsc1C(=O)Nc1ccnn1Cc1cccc2ccccc12. The number of nitrogens with zero attached hydrogens (tertiary/aromatic N) is 3. The number of amides is 1. The summed E-state index contributed by atoms with van der Waals surface area (Å²) in [6, 6.07) is 16.3. The molecule has 0 aliphatic heterocycles. The van der Waals surface area contributed by atoms with Gasteiger partial charge >= 0.3 is 0 Å². The van der Waals surface area contributed by atoms with Crippen molar-refractivity contribution in [3.8, 4) is 0 Å². The summed E-state index contributed by atoms with van der Waals surface area (Å²) in [4.78, 5) is 17.2. The van der Waals surface area contributed by atoms with Crippen LogP contribution in [0.5, 0.6) is 0 Å². The summed E-state index contributed by atoms with van der Waals surface area (Å²) >= 11 is 1.34. The Bertz CT molecular complexity index is 1040. The molecule has 1 amide bonds. The van der Waals surface area contributed by atoms with Gasteiger partial charge in [-0.15, -0.1) is 11.3 Å². The second kappa shape index (κ2) is 6.49. The highest BCUT2D eigenvalue weighted by atomic mass is 32.1. The van der Waals surface area contributed by atoms with Crippen LogP contribution in [-0.2, 0) is 6.54 Å². The number of rotatable bonds is 4. The number of fused-ring (bicyclic) bond motifs is 1. The number of nitrogens with one attached hydrogen (secondary N) is 1. The first-order chi connectivity index (χ1) is 12.2. The first-order valence-electron chi connectivity index (χ1n) is 7.92. The second-order valence-electron chi connectivity index (χ2n) is 5.73. The molecule has 0 unspecified atom stereocenters. The number of thiazole rings is 1. The van der Waals surface area contributed by atoms with Crippen LogP contribution in [0.2, 0.25) is 0 Å². The van der Waals surface area contributed by atoms with Gasteiger partial charge in [0, 0.05) is 6.07 Å². The summed E-state index contributed by atoms with van der Waals surface area (Å²) < 4.78 is 1.80. The smallest absolute Gasteiger partial charge is 0.268 e. The molecule has 2 aromatic heterocycles. The Balaban J connectivity index is 1.62. The average molecular weight is 348 g/mol. The van der Waals surface area contributed by atoms with Gasteiger partial charge in [0.25, 0.3) is 5.91 Å². The summed E-state index contributed by atoms with van der Waals surface area (Å²) in [6.45, 7) is 2.42. The zero-order valence-electron chi connectivity index (χ0n) is 13.6. The topological polar surface area (TPSA) is 59.8 Å². The number of carbonyl (C=O) groups is 1. The lowest BCUT2D eigenvalue weighted by molar-refractivity contribution is 0.102. The predicted molar refractivity (Wildman–Crippen MR) is 100 cm³/mol. The van der Waals surface area contributed by atoms with Crippen LogP contribution < -0.4 is 5.32 Å². The molecular weight excluding hydrogens is 332 g/mol. The number of aromatic nitrogens is 3. The first kappa shape index (κ1) is 15.5. The minimum absolute atomic E-state index is 0.153. The van der Waals surface area contributed by atoms with Gasteiger partial charge in [-0.2, -0.15) is 5.10 Å². The predicted octanol–water partition coefficient (Wildman–Crippen LogP) is 4.10. The second-order valence-corrected chi connectivity index (χ2v) is 6.59. The molecule has 2 aromatic carbocycles. The van der Waals surface area contributed by atoms with Crippen LogP contribution in [0.3, 0.4) is 0 Å². The van der Waals surface area contributed by atoms with E-state index in [4.69, 9.17) is 0 Å². The van der Waals surface area contributed by atoms with E-state index in [1.165, 1.54) is 22.1 Å². The van der Waals surface area contributed by atoms with E-state index >= 15 is 0 Å². The van der Waals surface area contributed by atoms with E-state index in [-0.39, 0.29) is 5.91 Å². The normalized spacial score (nSPS) is 10.9. The third-order valence-electron chi connectivity index (χ3n) is 4.11. The molecular formula is C19H16N4OS. The molecule has 6 heteroatoms. The van der Waals surface area contributed by atoms with Crippen molar-refractivity contribution in [1.82, 2.24) is 14.8 Å². The number of benzene rings is 2. The zero-order valence-corrected chi connectivity index (χ0v) is 14.5. The minimum atomic E-state index is -0.153. The quantitative estimate of drug-likeness (QED) is 0.604. The van der Waals surface area contributed by atoms with Crippen molar-refractivity contribution in [1.29, 1.82) is 0 Å². The van der Waals surface area contributed by atoms with E-state index in [0.29, 0.717) is 17.2 Å². The highest BCUT2D eigenvalue weighted by Gasteiger charge is 2.14. The number of aryl methyl sites for hydroxylation is 1. The summed E-state index contributed by atoms with van der Waals surface area (Å²) in [5.74, 6) is 0.519. The van der Waals surface area contributed by atoms with Gasteiger partial charge in [-0.05, 0) is 23.3 Å². The molecule has 0 aliphatic carbocycles. The first-order valence-corrected chi connectivity index (χ1v) is 8.80. The van der Waals surface area contributed by atoms with Crippen LogP contribution in [0.1, 0.15) is 20.9 Å². The van der Waals surface area contributed by atoms with E-state index in [2.05, 4.69) is 39.7 Å². The van der Waals surface area contributed by atoms with Crippen molar-refractivity contribution in [2.45, 2.75) is 13.5 Å². The van der Waals surface area contributed by atoms with Crippen LogP contribution in [0.15, 0.2) is 60.2 Å². The van der Waals surface area contributed by atoms with Crippen molar-refractivity contribution < 1.29 is 4.79 Å². The molecule has 0 saturated carbocycles. The van der Waals surface area contributed by atoms with Crippen molar-refractivity contribution in [2.24, 2.45) is 0 Å². The number of carbonyl (C=O) groups excluding carboxylic acids is 1. The van der Waals surface area contributed by atoms with Gasteiger partial charge in [-0.1, -0.05) is 42.5 Å². The number of anilines is 1. The molecule has 5 nitrogen and oxygen atoms in total. The largest absolute Gasteiger partial charge is 0.306 e. The monoisotopic (exact) mass is 348 g/mol. The Morgan fingerprint density at radius 3 is 2.84 bits per heavy atom. The van der Waals surface area contributed by atoms with Crippen molar-refractivity contribution in [2.75, 3.05) is 5.32 Å². The van der Waals surface area contributed by atoms with Crippen LogP contribution in [0.4, 0.5) is 5.82 Å². The molecule has 0 atom stereocenters. The van der Waals surface area contributed by atoms with Gasteiger partial charge < -0.3 is 5.32 Å². The molecule has 124 valence electrons. The van der Waals surface area contributed by atoms with Gasteiger partial charge in [0.05, 0.1) is 23.9 Å². The molecule has 0 saturated heterocycles. The maximum Gasteiger partial charge on any atom is 0.268 e. The lowest BCUT2D eigenvalue weighted by atomic mass is 10.0. The van der Waals surface area contributed by atoms with Gasteiger partial charge in [-0.25, -0.2) is 9.67 Å². The zero-order chi connectivity index (χ0) is 17.2. The Hall–Kier alpha value is -2.99. The van der Waals surface area contributed by atoms with E-state index < -0.39 is 0 Å². The van der Waals surface area contributed by atoms with Gasteiger partial charge in [-0.3, -0.25) is 4.79 Å². The molecule has 4 rings (SSSR count). The van der Waals surface area contributed by atoms with Crippen molar-refractivity contribution in [3.63, 3.8) is 0 Å². The Morgan fingerprint density at radius 1 is 1.16 bits per heavy atom. The van der Waals surface area contributed by atoms with Gasteiger partial charge in [0.1, 0.15) is 10.7 Å². The van der Waals surface area contributed by atoms with Crippen LogP contribution in [0, 0.1) is 6.92 Å². The third-order valence-corrected chi connectivity index (χ3v) is 5.04. The highest BCUT2D eigenvalue weighted by Crippen LogP contribution is 2.21. The summed E-state index contributed by atoms with van der Waals surface area (Å²) in [7, 11) is 0. The average Bonchev–Trinajstić information content (AvgIpc) is 3.24. The molecule has 0 bridgehead atoms. The number of hydrogen-bond acceptors (Lipinski definition) is 4. The fourth-order valence-electron chi connectivity index (χ4n) is 2.85. The van der Waals surface area contributed by atoms with E-state index in [0.717, 1.165) is 11.3 Å².